The number of H-pyrrole nitrogens is 2. The van der Waals surface area contributed by atoms with E-state index >= 15 is 0 Å². The Balaban J connectivity index is 1.39. The Labute approximate surface area is 202 Å². The molecule has 1 saturated heterocycles. The maximum absolute atomic E-state index is 11.8. The molecule has 9 nitrogen and oxygen atoms in total. The van der Waals surface area contributed by atoms with Crippen molar-refractivity contribution in [3.63, 3.8) is 0 Å². The fraction of sp³-hybridized carbons (Fsp3) is 0.269. The van der Waals surface area contributed by atoms with E-state index in [4.69, 9.17) is 4.98 Å². The van der Waals surface area contributed by atoms with Gasteiger partial charge < -0.3 is 15.2 Å². The van der Waals surface area contributed by atoms with Gasteiger partial charge in [0.05, 0.1) is 22.9 Å². The summed E-state index contributed by atoms with van der Waals surface area (Å²) in [5, 5.41) is 11.5. The zero-order valence-electron chi connectivity index (χ0n) is 19.5. The summed E-state index contributed by atoms with van der Waals surface area (Å²) in [6, 6.07) is 9.99. The number of pyridine rings is 2. The molecule has 9 heteroatoms. The quantitative estimate of drug-likeness (QED) is 0.339. The minimum absolute atomic E-state index is 0.0418. The topological polar surface area (TPSA) is 115 Å². The summed E-state index contributed by atoms with van der Waals surface area (Å²) < 4.78 is 0. The van der Waals surface area contributed by atoms with Crippen LogP contribution in [0.15, 0.2) is 48.9 Å². The molecule has 0 bridgehead atoms. The minimum atomic E-state index is -0.0418. The number of imidazole rings is 1. The SMILES string of the molecule is CCC(=O)Nc1cncc(-c2ccc3[nH]nc(-c4nc5c(N6CCCCC6)nccc5[nH]4)c3c2)c1. The first-order valence-electron chi connectivity index (χ1n) is 12.0. The molecule has 176 valence electrons. The molecule has 3 N–H and O–H groups in total. The van der Waals surface area contributed by atoms with Crippen LogP contribution < -0.4 is 10.2 Å². The van der Waals surface area contributed by atoms with Gasteiger partial charge >= 0.3 is 0 Å². The van der Waals surface area contributed by atoms with Gasteiger partial charge in [0.25, 0.3) is 0 Å². The summed E-state index contributed by atoms with van der Waals surface area (Å²) in [7, 11) is 0. The largest absolute Gasteiger partial charge is 0.355 e. The van der Waals surface area contributed by atoms with Crippen molar-refractivity contribution in [3.05, 3.63) is 48.9 Å². The van der Waals surface area contributed by atoms with Gasteiger partial charge in [0.1, 0.15) is 11.2 Å². The molecular formula is C26H26N8O. The van der Waals surface area contributed by atoms with Gasteiger partial charge in [0.15, 0.2) is 11.6 Å². The molecular weight excluding hydrogens is 440 g/mol. The van der Waals surface area contributed by atoms with Gasteiger partial charge in [-0.05, 0) is 49.1 Å². The second-order valence-corrected chi connectivity index (χ2v) is 8.86. The monoisotopic (exact) mass is 466 g/mol. The van der Waals surface area contributed by atoms with E-state index in [2.05, 4.69) is 41.4 Å². The van der Waals surface area contributed by atoms with Crippen LogP contribution in [0.5, 0.6) is 0 Å². The number of anilines is 2. The standard InChI is InChI=1S/C26H26N8O/c1-2-22(35)29-18-12-17(14-27-15-18)16-6-7-20-19(13-16)23(33-32-20)25-30-21-8-9-28-26(24(21)31-25)34-10-4-3-5-11-34/h6-9,12-15H,2-5,10-11H2,1H3,(H,29,35)(H,30,31)(H,32,33). The van der Waals surface area contributed by atoms with E-state index in [-0.39, 0.29) is 5.91 Å². The molecule has 1 fully saturated rings. The van der Waals surface area contributed by atoms with Crippen molar-refractivity contribution in [2.24, 2.45) is 0 Å². The number of nitrogens with zero attached hydrogens (tertiary/aromatic N) is 5. The van der Waals surface area contributed by atoms with Gasteiger partial charge in [0, 0.05) is 42.9 Å². The van der Waals surface area contributed by atoms with Crippen LogP contribution in [0, 0.1) is 0 Å². The number of carbonyl (C=O) groups is 1. The number of fused-ring (bicyclic) bond motifs is 2. The van der Waals surface area contributed by atoms with Gasteiger partial charge in [-0.1, -0.05) is 13.0 Å². The van der Waals surface area contributed by atoms with Crippen LogP contribution in [-0.2, 0) is 4.79 Å². The van der Waals surface area contributed by atoms with Crippen LogP contribution in [0.25, 0.3) is 44.6 Å². The molecule has 4 aromatic heterocycles. The number of amides is 1. The first kappa shape index (κ1) is 21.3. The molecule has 0 saturated carbocycles. The van der Waals surface area contributed by atoms with E-state index in [1.807, 2.05) is 37.4 Å². The van der Waals surface area contributed by atoms with Gasteiger partial charge in [-0.25, -0.2) is 9.97 Å². The van der Waals surface area contributed by atoms with E-state index in [0.717, 1.165) is 57.7 Å². The Morgan fingerprint density at radius 1 is 1.06 bits per heavy atom. The van der Waals surface area contributed by atoms with E-state index in [9.17, 15) is 4.79 Å². The number of rotatable bonds is 5. The van der Waals surface area contributed by atoms with E-state index in [0.29, 0.717) is 17.9 Å². The Hall–Kier alpha value is -4.27. The van der Waals surface area contributed by atoms with Gasteiger partial charge in [0.2, 0.25) is 5.91 Å². The number of hydrogen-bond donors (Lipinski definition) is 3. The van der Waals surface area contributed by atoms with Crippen LogP contribution in [0.1, 0.15) is 32.6 Å². The molecule has 6 rings (SSSR count). The van der Waals surface area contributed by atoms with Crippen LogP contribution >= 0.6 is 0 Å². The van der Waals surface area contributed by atoms with Crippen molar-refractivity contribution in [3.8, 4) is 22.6 Å². The molecule has 1 aliphatic heterocycles. The highest BCUT2D eigenvalue weighted by Crippen LogP contribution is 2.32. The molecule has 0 aliphatic carbocycles. The third-order valence-corrected chi connectivity index (χ3v) is 6.50. The zero-order valence-corrected chi connectivity index (χ0v) is 19.5. The second kappa shape index (κ2) is 8.83. The number of carbonyl (C=O) groups excluding carboxylic acids is 1. The summed E-state index contributed by atoms with van der Waals surface area (Å²) in [4.78, 5) is 31.5. The number of piperidine rings is 1. The smallest absolute Gasteiger partial charge is 0.224 e. The lowest BCUT2D eigenvalue weighted by Crippen LogP contribution is -2.30. The van der Waals surface area contributed by atoms with Crippen molar-refractivity contribution in [1.29, 1.82) is 0 Å². The molecule has 0 radical (unpaired) electrons. The van der Waals surface area contributed by atoms with Crippen molar-refractivity contribution in [1.82, 2.24) is 30.1 Å². The van der Waals surface area contributed by atoms with Crippen molar-refractivity contribution in [2.45, 2.75) is 32.6 Å². The molecule has 5 heterocycles. The number of benzene rings is 1. The third-order valence-electron chi connectivity index (χ3n) is 6.50. The first-order chi connectivity index (χ1) is 17.2. The third kappa shape index (κ3) is 3.99. The maximum atomic E-state index is 11.8. The first-order valence-corrected chi connectivity index (χ1v) is 12.0. The van der Waals surface area contributed by atoms with E-state index < -0.39 is 0 Å². The molecule has 0 spiro atoms. The van der Waals surface area contributed by atoms with Gasteiger partial charge in [-0.15, -0.1) is 0 Å². The van der Waals surface area contributed by atoms with Crippen LogP contribution in [0.4, 0.5) is 11.5 Å². The molecule has 0 unspecified atom stereocenters. The number of hydrogen-bond acceptors (Lipinski definition) is 6. The normalized spacial score (nSPS) is 14.0. The van der Waals surface area contributed by atoms with E-state index in [1.54, 1.807) is 12.4 Å². The number of nitrogens with one attached hydrogen (secondary N) is 3. The van der Waals surface area contributed by atoms with Crippen molar-refractivity contribution < 1.29 is 4.79 Å². The lowest BCUT2D eigenvalue weighted by molar-refractivity contribution is -0.115. The Morgan fingerprint density at radius 3 is 2.80 bits per heavy atom. The molecule has 35 heavy (non-hydrogen) atoms. The maximum Gasteiger partial charge on any atom is 0.224 e. The van der Waals surface area contributed by atoms with Crippen LogP contribution in [0.2, 0.25) is 0 Å². The van der Waals surface area contributed by atoms with Crippen LogP contribution in [-0.4, -0.2) is 49.1 Å². The minimum Gasteiger partial charge on any atom is -0.355 e. The summed E-state index contributed by atoms with van der Waals surface area (Å²) in [6.07, 6.45) is 9.33. The Bertz CT molecular complexity index is 1530. The zero-order chi connectivity index (χ0) is 23.8. The second-order valence-electron chi connectivity index (χ2n) is 8.86. The van der Waals surface area contributed by atoms with Gasteiger partial charge in [-0.2, -0.15) is 5.10 Å². The highest BCUT2D eigenvalue weighted by atomic mass is 16.1. The lowest BCUT2D eigenvalue weighted by Gasteiger charge is -2.27. The van der Waals surface area contributed by atoms with Crippen molar-refractivity contribution >= 4 is 39.3 Å². The molecule has 5 aromatic rings. The van der Waals surface area contributed by atoms with Crippen LogP contribution in [0.3, 0.4) is 0 Å². The number of aromatic amines is 2. The average Bonchev–Trinajstić information content (AvgIpc) is 3.53. The summed E-state index contributed by atoms with van der Waals surface area (Å²) in [5.41, 5.74) is 6.07. The fourth-order valence-electron chi connectivity index (χ4n) is 4.66. The van der Waals surface area contributed by atoms with E-state index in [1.165, 1.54) is 19.3 Å². The Morgan fingerprint density at radius 2 is 1.94 bits per heavy atom. The van der Waals surface area contributed by atoms with Crippen molar-refractivity contribution in [2.75, 3.05) is 23.3 Å². The molecule has 0 atom stereocenters. The predicted molar refractivity (Wildman–Crippen MR) is 137 cm³/mol. The number of aromatic nitrogens is 6. The molecule has 1 aliphatic rings. The lowest BCUT2D eigenvalue weighted by atomic mass is 10.0. The predicted octanol–water partition coefficient (Wildman–Crippen LogP) is 4.90. The highest BCUT2D eigenvalue weighted by Gasteiger charge is 2.19. The summed E-state index contributed by atoms with van der Waals surface area (Å²) in [5.74, 6) is 1.60. The van der Waals surface area contributed by atoms with Gasteiger partial charge in [-0.3, -0.25) is 14.9 Å². The fourth-order valence-corrected chi connectivity index (χ4v) is 4.66. The molecule has 1 aromatic carbocycles. The highest BCUT2D eigenvalue weighted by molar-refractivity contribution is 5.97. The Kier molecular flexibility index (Phi) is 5.36. The average molecular weight is 467 g/mol. The summed E-state index contributed by atoms with van der Waals surface area (Å²) >= 11 is 0. The molecule has 1 amide bonds. The summed E-state index contributed by atoms with van der Waals surface area (Å²) in [6.45, 7) is 3.84.